The molecule has 3 rings (SSSR count). The molecule has 0 aliphatic carbocycles. The lowest BCUT2D eigenvalue weighted by atomic mass is 10.1. The molecule has 0 spiro atoms. The number of nitrogens with zero attached hydrogens (tertiary/aromatic N) is 1. The van der Waals surface area contributed by atoms with Gasteiger partial charge in [0, 0.05) is 30.9 Å². The first-order valence-corrected chi connectivity index (χ1v) is 9.08. The SMILES string of the molecule is CCc1ccc(N2CC(C(=O)NCCc3ccc(N)cc3)CC2=O)cc1.Cl. The number of aryl methyl sites for hydroxylation is 1. The number of benzene rings is 2. The van der Waals surface area contributed by atoms with E-state index in [2.05, 4.69) is 12.2 Å². The van der Waals surface area contributed by atoms with Crippen LogP contribution in [0.2, 0.25) is 0 Å². The van der Waals surface area contributed by atoms with Crippen LogP contribution in [0.25, 0.3) is 0 Å². The molecule has 2 aromatic rings. The van der Waals surface area contributed by atoms with Crippen molar-refractivity contribution < 1.29 is 9.59 Å². The molecule has 27 heavy (non-hydrogen) atoms. The summed E-state index contributed by atoms with van der Waals surface area (Å²) in [4.78, 5) is 26.4. The van der Waals surface area contributed by atoms with E-state index in [1.165, 1.54) is 5.56 Å². The topological polar surface area (TPSA) is 75.4 Å². The van der Waals surface area contributed by atoms with Gasteiger partial charge in [-0.05, 0) is 48.2 Å². The molecule has 0 bridgehead atoms. The average Bonchev–Trinajstić information content (AvgIpc) is 3.05. The third-order valence-corrected chi connectivity index (χ3v) is 4.84. The molecule has 1 fully saturated rings. The van der Waals surface area contributed by atoms with Crippen molar-refractivity contribution in [2.45, 2.75) is 26.2 Å². The Morgan fingerprint density at radius 2 is 1.74 bits per heavy atom. The maximum Gasteiger partial charge on any atom is 0.227 e. The first-order valence-electron chi connectivity index (χ1n) is 9.08. The maximum atomic E-state index is 12.4. The quantitative estimate of drug-likeness (QED) is 0.748. The fourth-order valence-electron chi connectivity index (χ4n) is 3.20. The highest BCUT2D eigenvalue weighted by molar-refractivity contribution is 6.00. The van der Waals surface area contributed by atoms with Gasteiger partial charge in [-0.3, -0.25) is 9.59 Å². The molecule has 144 valence electrons. The zero-order chi connectivity index (χ0) is 18.5. The Labute approximate surface area is 166 Å². The molecule has 0 aromatic heterocycles. The lowest BCUT2D eigenvalue weighted by Gasteiger charge is -2.17. The minimum Gasteiger partial charge on any atom is -0.399 e. The second kappa shape index (κ2) is 9.42. The van der Waals surface area contributed by atoms with E-state index in [-0.39, 0.29) is 36.6 Å². The number of hydrogen-bond donors (Lipinski definition) is 2. The largest absolute Gasteiger partial charge is 0.399 e. The van der Waals surface area contributed by atoms with Crippen LogP contribution >= 0.6 is 12.4 Å². The van der Waals surface area contributed by atoms with Crippen LogP contribution in [-0.2, 0) is 22.4 Å². The average molecular weight is 388 g/mol. The van der Waals surface area contributed by atoms with Crippen molar-refractivity contribution in [2.75, 3.05) is 23.7 Å². The highest BCUT2D eigenvalue weighted by Crippen LogP contribution is 2.25. The van der Waals surface area contributed by atoms with Crippen molar-refractivity contribution in [3.8, 4) is 0 Å². The number of anilines is 2. The molecule has 2 aromatic carbocycles. The number of carbonyl (C=O) groups is 2. The molecular weight excluding hydrogens is 362 g/mol. The zero-order valence-corrected chi connectivity index (χ0v) is 16.3. The fourth-order valence-corrected chi connectivity index (χ4v) is 3.20. The molecule has 1 heterocycles. The molecule has 0 saturated carbocycles. The van der Waals surface area contributed by atoms with E-state index in [4.69, 9.17) is 5.73 Å². The van der Waals surface area contributed by atoms with Gasteiger partial charge in [0.1, 0.15) is 0 Å². The van der Waals surface area contributed by atoms with E-state index < -0.39 is 0 Å². The summed E-state index contributed by atoms with van der Waals surface area (Å²) in [6, 6.07) is 15.6. The summed E-state index contributed by atoms with van der Waals surface area (Å²) in [5.74, 6) is -0.339. The smallest absolute Gasteiger partial charge is 0.227 e. The van der Waals surface area contributed by atoms with Crippen LogP contribution < -0.4 is 16.0 Å². The van der Waals surface area contributed by atoms with E-state index in [1.54, 1.807) is 4.90 Å². The van der Waals surface area contributed by atoms with Crippen molar-refractivity contribution in [1.29, 1.82) is 0 Å². The molecular formula is C21H26ClN3O2. The number of nitrogens with two attached hydrogens (primary N) is 1. The molecule has 1 saturated heterocycles. The first kappa shape index (κ1) is 20.8. The molecule has 1 unspecified atom stereocenters. The molecule has 1 aliphatic rings. The number of nitrogens with one attached hydrogen (secondary N) is 1. The molecule has 2 amide bonds. The first-order chi connectivity index (χ1) is 12.6. The van der Waals surface area contributed by atoms with Gasteiger partial charge < -0.3 is 16.0 Å². The van der Waals surface area contributed by atoms with E-state index in [1.807, 2.05) is 48.5 Å². The van der Waals surface area contributed by atoms with Gasteiger partial charge in [-0.2, -0.15) is 0 Å². The van der Waals surface area contributed by atoms with Gasteiger partial charge in [0.25, 0.3) is 0 Å². The van der Waals surface area contributed by atoms with Crippen LogP contribution in [0.15, 0.2) is 48.5 Å². The molecule has 0 radical (unpaired) electrons. The Morgan fingerprint density at radius 3 is 2.37 bits per heavy atom. The molecule has 3 N–H and O–H groups in total. The fraction of sp³-hybridized carbons (Fsp3) is 0.333. The Hall–Kier alpha value is -2.53. The number of rotatable bonds is 6. The van der Waals surface area contributed by atoms with Crippen LogP contribution in [0.5, 0.6) is 0 Å². The highest BCUT2D eigenvalue weighted by atomic mass is 35.5. The normalized spacial score (nSPS) is 16.1. The predicted octanol–water partition coefficient (Wildman–Crippen LogP) is 2.96. The zero-order valence-electron chi connectivity index (χ0n) is 15.5. The molecule has 1 aliphatic heterocycles. The number of nitrogen functional groups attached to an aromatic ring is 1. The van der Waals surface area contributed by atoms with Crippen LogP contribution in [0.1, 0.15) is 24.5 Å². The minimum absolute atomic E-state index is 0. The third-order valence-electron chi connectivity index (χ3n) is 4.84. The van der Waals surface area contributed by atoms with Crippen molar-refractivity contribution in [3.05, 3.63) is 59.7 Å². The summed E-state index contributed by atoms with van der Waals surface area (Å²) >= 11 is 0. The molecule has 6 heteroatoms. The summed E-state index contributed by atoms with van der Waals surface area (Å²) in [5, 5.41) is 2.95. The summed E-state index contributed by atoms with van der Waals surface area (Å²) in [6.07, 6.45) is 1.98. The van der Waals surface area contributed by atoms with Gasteiger partial charge in [0.05, 0.1) is 5.92 Å². The van der Waals surface area contributed by atoms with Crippen LogP contribution in [0.4, 0.5) is 11.4 Å². The summed E-state index contributed by atoms with van der Waals surface area (Å²) in [7, 11) is 0. The van der Waals surface area contributed by atoms with Crippen molar-refractivity contribution in [2.24, 2.45) is 5.92 Å². The Balaban J connectivity index is 0.00000261. The summed E-state index contributed by atoms with van der Waals surface area (Å²) in [5.41, 5.74) is 9.62. The van der Waals surface area contributed by atoms with Crippen molar-refractivity contribution in [3.63, 3.8) is 0 Å². The van der Waals surface area contributed by atoms with E-state index in [0.717, 1.165) is 29.8 Å². The second-order valence-electron chi connectivity index (χ2n) is 6.71. The molecule has 1 atom stereocenters. The monoisotopic (exact) mass is 387 g/mol. The van der Waals surface area contributed by atoms with Gasteiger partial charge >= 0.3 is 0 Å². The van der Waals surface area contributed by atoms with E-state index in [0.29, 0.717) is 13.1 Å². The number of amides is 2. The Kier molecular flexibility index (Phi) is 7.25. The van der Waals surface area contributed by atoms with E-state index >= 15 is 0 Å². The number of carbonyl (C=O) groups excluding carboxylic acids is 2. The lowest BCUT2D eigenvalue weighted by Crippen LogP contribution is -2.34. The van der Waals surface area contributed by atoms with Gasteiger partial charge in [0.2, 0.25) is 11.8 Å². The van der Waals surface area contributed by atoms with E-state index in [9.17, 15) is 9.59 Å². The molecule has 5 nitrogen and oxygen atoms in total. The maximum absolute atomic E-state index is 12.4. The second-order valence-corrected chi connectivity index (χ2v) is 6.71. The van der Waals surface area contributed by atoms with Crippen molar-refractivity contribution in [1.82, 2.24) is 5.32 Å². The summed E-state index contributed by atoms with van der Waals surface area (Å²) in [6.45, 7) is 3.09. The number of halogens is 1. The lowest BCUT2D eigenvalue weighted by molar-refractivity contribution is -0.126. The Morgan fingerprint density at radius 1 is 1.11 bits per heavy atom. The van der Waals surface area contributed by atoms with Crippen LogP contribution in [-0.4, -0.2) is 24.9 Å². The van der Waals surface area contributed by atoms with Gasteiger partial charge in [-0.15, -0.1) is 12.4 Å². The van der Waals surface area contributed by atoms with Gasteiger partial charge in [0.15, 0.2) is 0 Å². The predicted molar refractivity (Wildman–Crippen MR) is 111 cm³/mol. The van der Waals surface area contributed by atoms with Crippen molar-refractivity contribution >= 4 is 35.6 Å². The highest BCUT2D eigenvalue weighted by Gasteiger charge is 2.34. The van der Waals surface area contributed by atoms with Gasteiger partial charge in [-0.25, -0.2) is 0 Å². The number of hydrogen-bond acceptors (Lipinski definition) is 3. The Bertz CT molecular complexity index is 775. The minimum atomic E-state index is -0.292. The summed E-state index contributed by atoms with van der Waals surface area (Å²) < 4.78 is 0. The van der Waals surface area contributed by atoms with Crippen LogP contribution in [0.3, 0.4) is 0 Å². The van der Waals surface area contributed by atoms with Gasteiger partial charge in [-0.1, -0.05) is 31.2 Å². The van der Waals surface area contributed by atoms with Crippen LogP contribution in [0, 0.1) is 5.92 Å². The standard InChI is InChI=1S/C21H25N3O2.ClH/c1-2-15-5-9-19(10-6-15)24-14-17(13-20(24)25)21(26)23-12-11-16-3-7-18(22)8-4-16;/h3-10,17H,2,11-14,22H2,1H3,(H,23,26);1H. The third kappa shape index (κ3) is 5.23.